The van der Waals surface area contributed by atoms with Crippen molar-refractivity contribution < 1.29 is 14.3 Å². The number of rotatable bonds is 5. The van der Waals surface area contributed by atoms with Gasteiger partial charge in [0.1, 0.15) is 0 Å². The summed E-state index contributed by atoms with van der Waals surface area (Å²) in [7, 11) is 0. The number of benzene rings is 2. The first kappa shape index (κ1) is 16.4. The number of nitrogens with zero attached hydrogens (tertiary/aromatic N) is 1. The Bertz CT molecular complexity index is 760. The SMILES string of the molecule is Cc1ccccc1COCC(C)(C)N1C(=O)c2ccccc2C1=O. The number of carbonyl (C=O) groups excluding carboxylic acids is 2. The van der Waals surface area contributed by atoms with E-state index in [1.165, 1.54) is 4.90 Å². The molecule has 0 fully saturated rings. The van der Waals surface area contributed by atoms with Crippen molar-refractivity contribution in [3.05, 3.63) is 70.8 Å². The summed E-state index contributed by atoms with van der Waals surface area (Å²) in [5.41, 5.74) is 2.49. The minimum Gasteiger partial charge on any atom is -0.374 e. The second kappa shape index (κ2) is 6.21. The molecule has 0 saturated heterocycles. The fraction of sp³-hybridized carbons (Fsp3) is 0.300. The van der Waals surface area contributed by atoms with Crippen LogP contribution in [0.25, 0.3) is 0 Å². The van der Waals surface area contributed by atoms with Crippen molar-refractivity contribution in [2.24, 2.45) is 0 Å². The van der Waals surface area contributed by atoms with Crippen molar-refractivity contribution in [2.45, 2.75) is 32.9 Å². The van der Waals surface area contributed by atoms with Gasteiger partial charge in [-0.2, -0.15) is 0 Å². The fourth-order valence-corrected chi connectivity index (χ4v) is 2.99. The third-order valence-electron chi connectivity index (χ3n) is 4.37. The van der Waals surface area contributed by atoms with Gasteiger partial charge < -0.3 is 4.74 Å². The summed E-state index contributed by atoms with van der Waals surface area (Å²) in [5, 5.41) is 0. The summed E-state index contributed by atoms with van der Waals surface area (Å²) >= 11 is 0. The number of fused-ring (bicyclic) bond motifs is 1. The molecule has 0 aromatic heterocycles. The van der Waals surface area contributed by atoms with E-state index in [1.807, 2.05) is 45.0 Å². The zero-order valence-corrected chi connectivity index (χ0v) is 14.2. The summed E-state index contributed by atoms with van der Waals surface area (Å²) in [6, 6.07) is 14.9. The molecule has 2 aromatic carbocycles. The van der Waals surface area contributed by atoms with Crippen molar-refractivity contribution >= 4 is 11.8 Å². The first-order valence-corrected chi connectivity index (χ1v) is 8.02. The Morgan fingerprint density at radius 3 is 2.04 bits per heavy atom. The molecule has 0 N–H and O–H groups in total. The van der Waals surface area contributed by atoms with E-state index in [2.05, 4.69) is 0 Å². The lowest BCUT2D eigenvalue weighted by atomic mass is 10.0. The number of amides is 2. The number of hydrogen-bond acceptors (Lipinski definition) is 3. The van der Waals surface area contributed by atoms with Gasteiger partial charge in [-0.1, -0.05) is 36.4 Å². The van der Waals surface area contributed by atoms with Crippen LogP contribution in [-0.2, 0) is 11.3 Å². The van der Waals surface area contributed by atoms with Crippen molar-refractivity contribution in [1.82, 2.24) is 4.90 Å². The standard InChI is InChI=1S/C20H21NO3/c1-14-8-4-5-9-15(14)12-24-13-20(2,3)21-18(22)16-10-6-7-11-17(16)19(21)23/h4-11H,12-13H2,1-3H3. The second-order valence-corrected chi connectivity index (χ2v) is 6.72. The Hall–Kier alpha value is -2.46. The van der Waals surface area contributed by atoms with Crippen molar-refractivity contribution in [3.8, 4) is 0 Å². The van der Waals surface area contributed by atoms with Gasteiger partial charge in [0.15, 0.2) is 0 Å². The maximum atomic E-state index is 12.6. The van der Waals surface area contributed by atoms with Gasteiger partial charge in [-0.05, 0) is 44.0 Å². The highest BCUT2D eigenvalue weighted by Gasteiger charge is 2.43. The zero-order chi connectivity index (χ0) is 17.3. The van der Waals surface area contributed by atoms with Gasteiger partial charge in [-0.25, -0.2) is 0 Å². The van der Waals surface area contributed by atoms with E-state index < -0.39 is 5.54 Å². The average molecular weight is 323 g/mol. The van der Waals surface area contributed by atoms with Crippen LogP contribution in [-0.4, -0.2) is 28.9 Å². The first-order valence-electron chi connectivity index (χ1n) is 8.02. The molecule has 0 saturated carbocycles. The Morgan fingerprint density at radius 2 is 1.46 bits per heavy atom. The van der Waals surface area contributed by atoms with E-state index in [1.54, 1.807) is 24.3 Å². The minimum absolute atomic E-state index is 0.250. The van der Waals surface area contributed by atoms with E-state index in [0.29, 0.717) is 17.7 Å². The van der Waals surface area contributed by atoms with E-state index in [0.717, 1.165) is 11.1 Å². The maximum absolute atomic E-state index is 12.6. The predicted molar refractivity (Wildman–Crippen MR) is 91.9 cm³/mol. The molecule has 2 aromatic rings. The quantitative estimate of drug-likeness (QED) is 0.790. The van der Waals surface area contributed by atoms with Gasteiger partial charge in [-0.3, -0.25) is 14.5 Å². The summed E-state index contributed by atoms with van der Waals surface area (Å²) in [6.07, 6.45) is 0. The molecular weight excluding hydrogens is 302 g/mol. The van der Waals surface area contributed by atoms with Crippen LogP contribution in [0.3, 0.4) is 0 Å². The van der Waals surface area contributed by atoms with Crippen LogP contribution in [0.5, 0.6) is 0 Å². The largest absolute Gasteiger partial charge is 0.374 e. The van der Waals surface area contributed by atoms with Crippen LogP contribution in [0.4, 0.5) is 0 Å². The van der Waals surface area contributed by atoms with Crippen LogP contribution < -0.4 is 0 Å². The van der Waals surface area contributed by atoms with Crippen molar-refractivity contribution in [1.29, 1.82) is 0 Å². The number of ether oxygens (including phenoxy) is 1. The molecule has 1 aliphatic heterocycles. The number of carbonyl (C=O) groups is 2. The molecule has 0 bridgehead atoms. The third-order valence-corrected chi connectivity index (χ3v) is 4.37. The van der Waals surface area contributed by atoms with Crippen LogP contribution >= 0.6 is 0 Å². The molecule has 0 spiro atoms. The van der Waals surface area contributed by atoms with E-state index in [4.69, 9.17) is 4.74 Å². The normalized spacial score (nSPS) is 14.2. The van der Waals surface area contributed by atoms with Gasteiger partial charge >= 0.3 is 0 Å². The molecule has 124 valence electrons. The van der Waals surface area contributed by atoms with Gasteiger partial charge in [0.05, 0.1) is 29.9 Å². The highest BCUT2D eigenvalue weighted by atomic mass is 16.5. The molecule has 0 radical (unpaired) electrons. The van der Waals surface area contributed by atoms with Crippen molar-refractivity contribution in [2.75, 3.05) is 6.61 Å². The number of aryl methyl sites for hydroxylation is 1. The Morgan fingerprint density at radius 1 is 0.917 bits per heavy atom. The molecule has 0 atom stereocenters. The molecule has 0 unspecified atom stereocenters. The van der Waals surface area contributed by atoms with Gasteiger partial charge in [0.2, 0.25) is 0 Å². The maximum Gasteiger partial charge on any atom is 0.262 e. The molecule has 1 heterocycles. The summed E-state index contributed by atoms with van der Waals surface area (Å²) < 4.78 is 5.83. The van der Waals surface area contributed by atoms with Crippen LogP contribution in [0.1, 0.15) is 45.7 Å². The lowest BCUT2D eigenvalue weighted by molar-refractivity contribution is 0.0117. The van der Waals surface area contributed by atoms with Crippen LogP contribution in [0, 0.1) is 6.92 Å². The highest BCUT2D eigenvalue weighted by Crippen LogP contribution is 2.29. The van der Waals surface area contributed by atoms with Gasteiger partial charge in [-0.15, -0.1) is 0 Å². The van der Waals surface area contributed by atoms with Gasteiger partial charge in [0, 0.05) is 0 Å². The fourth-order valence-electron chi connectivity index (χ4n) is 2.99. The molecule has 4 heteroatoms. The first-order chi connectivity index (χ1) is 11.4. The van der Waals surface area contributed by atoms with E-state index >= 15 is 0 Å². The van der Waals surface area contributed by atoms with Gasteiger partial charge in [0.25, 0.3) is 11.8 Å². The highest BCUT2D eigenvalue weighted by molar-refractivity contribution is 6.21. The Balaban J connectivity index is 1.71. The van der Waals surface area contributed by atoms with E-state index in [9.17, 15) is 9.59 Å². The van der Waals surface area contributed by atoms with Crippen LogP contribution in [0.15, 0.2) is 48.5 Å². The zero-order valence-electron chi connectivity index (χ0n) is 14.2. The minimum atomic E-state index is -0.712. The number of hydrogen-bond donors (Lipinski definition) is 0. The molecule has 24 heavy (non-hydrogen) atoms. The van der Waals surface area contributed by atoms with E-state index in [-0.39, 0.29) is 18.4 Å². The lowest BCUT2D eigenvalue weighted by Gasteiger charge is -2.33. The Labute approximate surface area is 142 Å². The molecular formula is C20H21NO3. The predicted octanol–water partition coefficient (Wildman–Crippen LogP) is 3.59. The summed E-state index contributed by atoms with van der Waals surface area (Å²) in [6.45, 7) is 6.49. The summed E-state index contributed by atoms with van der Waals surface area (Å²) in [4.78, 5) is 26.5. The molecule has 1 aliphatic rings. The molecule has 0 aliphatic carbocycles. The third kappa shape index (κ3) is 2.85. The topological polar surface area (TPSA) is 46.6 Å². The summed E-state index contributed by atoms with van der Waals surface area (Å²) in [5.74, 6) is -0.500. The number of imide groups is 1. The molecule has 4 nitrogen and oxygen atoms in total. The molecule has 3 rings (SSSR count). The Kier molecular flexibility index (Phi) is 4.24. The monoisotopic (exact) mass is 323 g/mol. The molecule has 2 amide bonds. The lowest BCUT2D eigenvalue weighted by Crippen LogP contribution is -2.50. The average Bonchev–Trinajstić information content (AvgIpc) is 2.81. The van der Waals surface area contributed by atoms with Crippen molar-refractivity contribution in [3.63, 3.8) is 0 Å². The van der Waals surface area contributed by atoms with Crippen LogP contribution in [0.2, 0.25) is 0 Å². The smallest absolute Gasteiger partial charge is 0.262 e. The second-order valence-electron chi connectivity index (χ2n) is 6.72.